The van der Waals surface area contributed by atoms with Crippen molar-refractivity contribution in [1.29, 1.82) is 0 Å². The zero-order valence-electron chi connectivity index (χ0n) is 7.51. The summed E-state index contributed by atoms with van der Waals surface area (Å²) in [5, 5.41) is 2.49. The van der Waals surface area contributed by atoms with Crippen LogP contribution >= 0.6 is 0 Å². The molecule has 3 nitrogen and oxygen atoms in total. The molecule has 1 saturated heterocycles. The Kier molecular flexibility index (Phi) is 2.89. The van der Waals surface area contributed by atoms with Crippen LogP contribution in [0.3, 0.4) is 0 Å². The molecule has 1 heterocycles. The van der Waals surface area contributed by atoms with E-state index < -0.39 is 6.17 Å². The van der Waals surface area contributed by atoms with Gasteiger partial charge in [-0.1, -0.05) is 6.92 Å². The second-order valence-electron chi connectivity index (χ2n) is 3.28. The van der Waals surface area contributed by atoms with E-state index in [1.807, 2.05) is 6.92 Å². The van der Waals surface area contributed by atoms with Crippen LogP contribution in [-0.2, 0) is 0 Å². The van der Waals surface area contributed by atoms with Crippen molar-refractivity contribution in [3.63, 3.8) is 0 Å². The van der Waals surface area contributed by atoms with Crippen LogP contribution in [0.25, 0.3) is 0 Å². The van der Waals surface area contributed by atoms with Gasteiger partial charge >= 0.3 is 6.03 Å². The van der Waals surface area contributed by atoms with Crippen LogP contribution < -0.4 is 5.32 Å². The second-order valence-corrected chi connectivity index (χ2v) is 3.28. The first-order valence-corrected chi connectivity index (χ1v) is 4.26. The monoisotopic (exact) mass is 174 g/mol. The quantitative estimate of drug-likeness (QED) is 0.584. The first kappa shape index (κ1) is 9.29. The summed E-state index contributed by atoms with van der Waals surface area (Å²) >= 11 is 0. The van der Waals surface area contributed by atoms with Gasteiger partial charge in [0.15, 0.2) is 0 Å². The molecule has 2 unspecified atom stereocenters. The molecule has 0 aromatic rings. The molecule has 0 bridgehead atoms. The number of halogens is 1. The van der Waals surface area contributed by atoms with Crippen LogP contribution in [-0.4, -0.2) is 37.2 Å². The molecule has 2 atom stereocenters. The number of urea groups is 1. The van der Waals surface area contributed by atoms with Crippen molar-refractivity contribution >= 4 is 6.03 Å². The number of carbonyl (C=O) groups is 1. The van der Waals surface area contributed by atoms with Gasteiger partial charge in [-0.25, -0.2) is 9.18 Å². The standard InChI is InChI=1S/C8H15FN2O/c1-6-3-4-11(5-7(6)9)8(12)10-2/h6-7H,3-5H2,1-2H3,(H,10,12). The third kappa shape index (κ3) is 1.87. The van der Waals surface area contributed by atoms with Gasteiger partial charge in [0.25, 0.3) is 0 Å². The minimum atomic E-state index is -0.865. The minimum Gasteiger partial charge on any atom is -0.341 e. The summed E-state index contributed by atoms with van der Waals surface area (Å²) in [5.74, 6) is 0.0888. The normalized spacial score (nSPS) is 30.1. The Hall–Kier alpha value is -0.800. The van der Waals surface area contributed by atoms with Gasteiger partial charge in [0, 0.05) is 13.6 Å². The lowest BCUT2D eigenvalue weighted by Crippen LogP contribution is -2.47. The third-order valence-electron chi connectivity index (χ3n) is 2.37. The summed E-state index contributed by atoms with van der Waals surface area (Å²) in [6.45, 7) is 2.79. The van der Waals surface area contributed by atoms with E-state index in [0.29, 0.717) is 6.54 Å². The largest absolute Gasteiger partial charge is 0.341 e. The number of likely N-dealkylation sites (tertiary alicyclic amines) is 1. The number of hydrogen-bond donors (Lipinski definition) is 1. The maximum Gasteiger partial charge on any atom is 0.317 e. The Morgan fingerprint density at radius 1 is 1.67 bits per heavy atom. The molecule has 0 aromatic heterocycles. The Morgan fingerprint density at radius 2 is 2.33 bits per heavy atom. The van der Waals surface area contributed by atoms with E-state index in [-0.39, 0.29) is 18.5 Å². The molecule has 0 spiro atoms. The Morgan fingerprint density at radius 3 is 2.83 bits per heavy atom. The fraction of sp³-hybridized carbons (Fsp3) is 0.875. The van der Waals surface area contributed by atoms with Gasteiger partial charge in [-0.3, -0.25) is 0 Å². The molecule has 1 aliphatic rings. The smallest absolute Gasteiger partial charge is 0.317 e. The van der Waals surface area contributed by atoms with E-state index in [0.717, 1.165) is 6.42 Å². The molecule has 0 aliphatic carbocycles. The number of carbonyl (C=O) groups excluding carboxylic acids is 1. The van der Waals surface area contributed by atoms with Crippen LogP contribution in [0.4, 0.5) is 9.18 Å². The fourth-order valence-corrected chi connectivity index (χ4v) is 1.36. The Labute approximate surface area is 71.9 Å². The van der Waals surface area contributed by atoms with E-state index >= 15 is 0 Å². The fourth-order valence-electron chi connectivity index (χ4n) is 1.36. The average Bonchev–Trinajstić information content (AvgIpc) is 2.08. The number of amides is 2. The highest BCUT2D eigenvalue weighted by Gasteiger charge is 2.27. The molecule has 70 valence electrons. The molecular weight excluding hydrogens is 159 g/mol. The maximum atomic E-state index is 13.1. The van der Waals surface area contributed by atoms with E-state index in [9.17, 15) is 9.18 Å². The maximum absolute atomic E-state index is 13.1. The summed E-state index contributed by atoms with van der Waals surface area (Å²) in [7, 11) is 1.56. The summed E-state index contributed by atoms with van der Waals surface area (Å²) in [6.07, 6.45) is -0.106. The number of nitrogens with zero attached hydrogens (tertiary/aromatic N) is 1. The Bertz CT molecular complexity index is 174. The number of alkyl halides is 1. The second kappa shape index (κ2) is 3.74. The van der Waals surface area contributed by atoms with Crippen LogP contribution in [0.2, 0.25) is 0 Å². The van der Waals surface area contributed by atoms with E-state index in [2.05, 4.69) is 5.32 Å². The van der Waals surface area contributed by atoms with E-state index in [1.54, 1.807) is 7.05 Å². The lowest BCUT2D eigenvalue weighted by molar-refractivity contribution is 0.108. The minimum absolute atomic E-state index is 0.0888. The van der Waals surface area contributed by atoms with Crippen molar-refractivity contribution in [2.45, 2.75) is 19.5 Å². The molecule has 1 N–H and O–H groups in total. The molecular formula is C8H15FN2O. The first-order valence-electron chi connectivity index (χ1n) is 4.26. The van der Waals surface area contributed by atoms with Gasteiger partial charge in [-0.2, -0.15) is 0 Å². The molecule has 2 amide bonds. The summed E-state index contributed by atoms with van der Waals surface area (Å²) in [5.41, 5.74) is 0. The Balaban J connectivity index is 2.45. The van der Waals surface area contributed by atoms with Crippen LogP contribution in [0.5, 0.6) is 0 Å². The van der Waals surface area contributed by atoms with Crippen molar-refractivity contribution in [2.24, 2.45) is 5.92 Å². The predicted molar refractivity (Wildman–Crippen MR) is 44.7 cm³/mol. The summed E-state index contributed by atoms with van der Waals surface area (Å²) < 4.78 is 13.1. The first-order chi connectivity index (χ1) is 5.65. The zero-order valence-corrected chi connectivity index (χ0v) is 7.51. The number of nitrogens with one attached hydrogen (secondary N) is 1. The highest BCUT2D eigenvalue weighted by molar-refractivity contribution is 5.73. The highest BCUT2D eigenvalue weighted by Crippen LogP contribution is 2.19. The lowest BCUT2D eigenvalue weighted by atomic mass is 9.97. The summed E-state index contributed by atoms with van der Waals surface area (Å²) in [4.78, 5) is 12.6. The topological polar surface area (TPSA) is 32.3 Å². The van der Waals surface area contributed by atoms with E-state index in [1.165, 1.54) is 4.90 Å². The number of piperidine rings is 1. The van der Waals surface area contributed by atoms with Crippen LogP contribution in [0, 0.1) is 5.92 Å². The SMILES string of the molecule is CNC(=O)N1CCC(C)C(F)C1. The molecule has 12 heavy (non-hydrogen) atoms. The van der Waals surface area contributed by atoms with Crippen molar-refractivity contribution in [1.82, 2.24) is 10.2 Å². The molecule has 1 fully saturated rings. The zero-order chi connectivity index (χ0) is 9.14. The van der Waals surface area contributed by atoms with Gasteiger partial charge in [-0.05, 0) is 12.3 Å². The van der Waals surface area contributed by atoms with Crippen molar-refractivity contribution in [2.75, 3.05) is 20.1 Å². The van der Waals surface area contributed by atoms with Crippen molar-refractivity contribution in [3.05, 3.63) is 0 Å². The molecule has 0 aromatic carbocycles. The molecule has 0 radical (unpaired) electrons. The highest BCUT2D eigenvalue weighted by atomic mass is 19.1. The molecule has 1 rings (SSSR count). The third-order valence-corrected chi connectivity index (χ3v) is 2.37. The van der Waals surface area contributed by atoms with Gasteiger partial charge in [0.1, 0.15) is 6.17 Å². The van der Waals surface area contributed by atoms with E-state index in [4.69, 9.17) is 0 Å². The number of rotatable bonds is 0. The van der Waals surface area contributed by atoms with Crippen LogP contribution in [0.15, 0.2) is 0 Å². The van der Waals surface area contributed by atoms with Gasteiger partial charge < -0.3 is 10.2 Å². The predicted octanol–water partition coefficient (Wildman–Crippen LogP) is 1.01. The molecule has 1 aliphatic heterocycles. The van der Waals surface area contributed by atoms with Gasteiger partial charge in [-0.15, -0.1) is 0 Å². The average molecular weight is 174 g/mol. The summed E-state index contributed by atoms with van der Waals surface area (Å²) in [6, 6.07) is -0.176. The van der Waals surface area contributed by atoms with Crippen molar-refractivity contribution in [3.8, 4) is 0 Å². The van der Waals surface area contributed by atoms with Crippen molar-refractivity contribution < 1.29 is 9.18 Å². The number of hydrogen-bond acceptors (Lipinski definition) is 1. The lowest BCUT2D eigenvalue weighted by Gasteiger charge is -2.32. The van der Waals surface area contributed by atoms with Gasteiger partial charge in [0.05, 0.1) is 6.54 Å². The molecule has 0 saturated carbocycles. The van der Waals surface area contributed by atoms with Crippen LogP contribution in [0.1, 0.15) is 13.3 Å². The van der Waals surface area contributed by atoms with Gasteiger partial charge in [0.2, 0.25) is 0 Å². The molecule has 4 heteroatoms.